The second-order valence-corrected chi connectivity index (χ2v) is 9.02. The lowest BCUT2D eigenvalue weighted by Crippen LogP contribution is -2.35. The van der Waals surface area contributed by atoms with Gasteiger partial charge in [-0.1, -0.05) is 11.6 Å². The normalized spacial score (nSPS) is 18.1. The largest absolute Gasteiger partial charge is 0.490 e. The quantitative estimate of drug-likeness (QED) is 0.491. The number of amides is 2. The van der Waals surface area contributed by atoms with Crippen molar-refractivity contribution >= 4 is 40.7 Å². The van der Waals surface area contributed by atoms with Crippen LogP contribution in [0.15, 0.2) is 24.3 Å². The highest BCUT2D eigenvalue weighted by atomic mass is 35.5. The third kappa shape index (κ3) is 6.17. The Kier molecular flexibility index (Phi) is 8.03. The molecule has 0 atom stereocenters. The minimum atomic E-state index is -1.08. The molecule has 1 aliphatic carbocycles. The number of nitrogens with one attached hydrogen (secondary N) is 2. The first kappa shape index (κ1) is 23.9. The van der Waals surface area contributed by atoms with Gasteiger partial charge in [-0.25, -0.2) is 8.78 Å². The van der Waals surface area contributed by atoms with E-state index in [1.807, 2.05) is 0 Å². The molecule has 0 bridgehead atoms. The third-order valence-corrected chi connectivity index (χ3v) is 6.29. The molecule has 0 radical (unpaired) electrons. The van der Waals surface area contributed by atoms with Crippen LogP contribution in [0.1, 0.15) is 45.7 Å². The number of hydrogen-bond acceptors (Lipinski definition) is 5. The lowest BCUT2D eigenvalue weighted by atomic mass is 9.87. The number of halogens is 3. The van der Waals surface area contributed by atoms with Gasteiger partial charge in [-0.3, -0.25) is 14.4 Å². The first-order valence-corrected chi connectivity index (χ1v) is 11.1. The topological polar surface area (TPSA) is 105 Å². The minimum absolute atomic E-state index is 0.0341. The van der Waals surface area contributed by atoms with Crippen molar-refractivity contribution in [2.45, 2.75) is 31.8 Å². The van der Waals surface area contributed by atoms with Crippen LogP contribution in [-0.2, 0) is 4.79 Å². The van der Waals surface area contributed by atoms with E-state index in [4.69, 9.17) is 21.4 Å². The Labute approximate surface area is 191 Å². The van der Waals surface area contributed by atoms with Gasteiger partial charge >= 0.3 is 5.97 Å². The molecule has 1 aromatic heterocycles. The van der Waals surface area contributed by atoms with Crippen molar-refractivity contribution in [3.8, 4) is 5.75 Å². The molecule has 3 rings (SSSR count). The molecule has 0 unspecified atom stereocenters. The molecule has 2 aromatic rings. The fourth-order valence-electron chi connectivity index (χ4n) is 3.42. The zero-order valence-electron chi connectivity index (χ0n) is 16.8. The van der Waals surface area contributed by atoms with Gasteiger partial charge in [-0.15, -0.1) is 11.3 Å². The van der Waals surface area contributed by atoms with Gasteiger partial charge in [0.2, 0.25) is 0 Å². The highest BCUT2D eigenvalue weighted by Crippen LogP contribution is 2.29. The fraction of sp³-hybridized carbons (Fsp3) is 0.381. The summed E-state index contributed by atoms with van der Waals surface area (Å²) in [6.07, 6.45) is 1.45. The van der Waals surface area contributed by atoms with Crippen LogP contribution in [0.5, 0.6) is 5.75 Å². The van der Waals surface area contributed by atoms with Gasteiger partial charge in [0, 0.05) is 25.2 Å². The van der Waals surface area contributed by atoms with Gasteiger partial charge in [0.25, 0.3) is 11.8 Å². The van der Waals surface area contributed by atoms with Crippen LogP contribution in [-0.4, -0.2) is 42.1 Å². The lowest BCUT2D eigenvalue weighted by Gasteiger charge is -2.26. The number of carbonyl (C=O) groups excluding carboxylic acids is 2. The van der Waals surface area contributed by atoms with E-state index in [0.29, 0.717) is 34.9 Å². The summed E-state index contributed by atoms with van der Waals surface area (Å²) in [6.45, 7) is 0.0250. The highest BCUT2D eigenvalue weighted by Gasteiger charge is 2.27. The molecular formula is C21H21ClF2N2O5S. The zero-order chi connectivity index (χ0) is 23.3. The maximum absolute atomic E-state index is 14.4. The first-order chi connectivity index (χ1) is 15.2. The van der Waals surface area contributed by atoms with Gasteiger partial charge in [-0.05, 0) is 37.8 Å². The predicted molar refractivity (Wildman–Crippen MR) is 114 cm³/mol. The van der Waals surface area contributed by atoms with E-state index in [2.05, 4.69) is 10.6 Å². The number of benzene rings is 1. The second-order valence-electron chi connectivity index (χ2n) is 7.31. The third-order valence-electron chi connectivity index (χ3n) is 5.06. The van der Waals surface area contributed by atoms with Gasteiger partial charge in [0.15, 0.2) is 0 Å². The van der Waals surface area contributed by atoms with Crippen molar-refractivity contribution in [3.05, 3.63) is 50.7 Å². The number of carbonyl (C=O) groups is 3. The number of ether oxygens (including phenoxy) is 1. The van der Waals surface area contributed by atoms with Crippen molar-refractivity contribution in [2.75, 3.05) is 13.1 Å². The van der Waals surface area contributed by atoms with Gasteiger partial charge in [0.05, 0.1) is 21.2 Å². The van der Waals surface area contributed by atoms with Crippen LogP contribution in [0.25, 0.3) is 0 Å². The Hall–Kier alpha value is -2.72. The van der Waals surface area contributed by atoms with Gasteiger partial charge in [-0.2, -0.15) is 0 Å². The maximum Gasteiger partial charge on any atom is 0.306 e. The molecule has 1 saturated carbocycles. The molecular weight excluding hydrogens is 466 g/mol. The molecule has 1 aliphatic rings. The summed E-state index contributed by atoms with van der Waals surface area (Å²) < 4.78 is 34.9. The Morgan fingerprint density at radius 3 is 2.16 bits per heavy atom. The summed E-state index contributed by atoms with van der Waals surface area (Å²) in [5, 5.41) is 13.9. The Balaban J connectivity index is 1.50. The predicted octanol–water partition coefficient (Wildman–Crippen LogP) is 3.86. The van der Waals surface area contributed by atoms with E-state index in [-0.39, 0.29) is 30.9 Å². The summed E-state index contributed by atoms with van der Waals surface area (Å²) in [7, 11) is 0. The molecule has 172 valence electrons. The van der Waals surface area contributed by atoms with Crippen molar-refractivity contribution in [1.82, 2.24) is 10.6 Å². The van der Waals surface area contributed by atoms with E-state index in [9.17, 15) is 23.2 Å². The number of thiophene rings is 1. The summed E-state index contributed by atoms with van der Waals surface area (Å²) in [5.41, 5.74) is -0.747. The van der Waals surface area contributed by atoms with Crippen molar-refractivity contribution in [3.63, 3.8) is 0 Å². The molecule has 11 heteroatoms. The summed E-state index contributed by atoms with van der Waals surface area (Å²) in [4.78, 5) is 35.5. The smallest absolute Gasteiger partial charge is 0.306 e. The highest BCUT2D eigenvalue weighted by molar-refractivity contribution is 7.17. The molecule has 7 nitrogen and oxygen atoms in total. The second kappa shape index (κ2) is 10.7. The van der Waals surface area contributed by atoms with Crippen LogP contribution in [0, 0.1) is 17.6 Å². The van der Waals surface area contributed by atoms with Crippen molar-refractivity contribution in [1.29, 1.82) is 0 Å². The molecule has 0 aliphatic heterocycles. The van der Waals surface area contributed by atoms with Crippen LogP contribution in [0.2, 0.25) is 4.34 Å². The zero-order valence-corrected chi connectivity index (χ0v) is 18.4. The minimum Gasteiger partial charge on any atom is -0.490 e. The van der Waals surface area contributed by atoms with Crippen molar-refractivity contribution in [2.24, 2.45) is 5.92 Å². The number of aliphatic carboxylic acids is 1. The molecule has 2 amide bonds. The SMILES string of the molecule is O=C(NCCNC(=O)c1c(F)cc(O[C@H]2CC[C@@H](C(=O)O)CC2)cc1F)c1ccc(Cl)s1. The summed E-state index contributed by atoms with van der Waals surface area (Å²) in [5.74, 6) is -4.82. The fourth-order valence-corrected chi connectivity index (χ4v) is 4.38. The maximum atomic E-state index is 14.4. The molecule has 0 spiro atoms. The molecule has 1 heterocycles. The molecule has 3 N–H and O–H groups in total. The van der Waals surface area contributed by atoms with Gasteiger partial charge in [0.1, 0.15) is 22.9 Å². The molecule has 1 fully saturated rings. The average molecular weight is 487 g/mol. The van der Waals surface area contributed by atoms with E-state index in [1.165, 1.54) is 0 Å². The monoisotopic (exact) mass is 486 g/mol. The Morgan fingerprint density at radius 2 is 1.62 bits per heavy atom. The van der Waals surface area contributed by atoms with Crippen LogP contribution >= 0.6 is 22.9 Å². The van der Waals surface area contributed by atoms with E-state index < -0.39 is 35.0 Å². The number of rotatable bonds is 8. The number of carboxylic acid groups (broad SMARTS) is 1. The lowest BCUT2D eigenvalue weighted by molar-refractivity contribution is -0.143. The summed E-state index contributed by atoms with van der Waals surface area (Å²) >= 11 is 6.87. The molecule has 0 saturated heterocycles. The molecule has 32 heavy (non-hydrogen) atoms. The average Bonchev–Trinajstić information content (AvgIpc) is 3.17. The van der Waals surface area contributed by atoms with Crippen LogP contribution in [0.3, 0.4) is 0 Å². The Bertz CT molecular complexity index is 985. The van der Waals surface area contributed by atoms with E-state index in [1.54, 1.807) is 12.1 Å². The van der Waals surface area contributed by atoms with E-state index in [0.717, 1.165) is 23.5 Å². The standard InChI is InChI=1S/C21H21ClF2N2O5S/c22-17-6-5-16(32-17)19(27)25-7-8-26-20(28)18-14(23)9-13(10-15(18)24)31-12-3-1-11(2-4-12)21(29)30/h5-6,9-12H,1-4,7-8H2,(H,25,27)(H,26,28)(H,29,30)/t11-,12+. The van der Waals surface area contributed by atoms with Crippen molar-refractivity contribution < 1.29 is 33.0 Å². The molecule has 1 aromatic carbocycles. The summed E-state index contributed by atoms with van der Waals surface area (Å²) in [6, 6.07) is 5.02. The first-order valence-electron chi connectivity index (χ1n) is 9.95. The number of hydrogen-bond donors (Lipinski definition) is 3. The van der Waals surface area contributed by atoms with E-state index >= 15 is 0 Å². The number of carboxylic acids is 1. The van der Waals surface area contributed by atoms with Crippen LogP contribution < -0.4 is 15.4 Å². The van der Waals surface area contributed by atoms with Crippen LogP contribution in [0.4, 0.5) is 8.78 Å². The van der Waals surface area contributed by atoms with Gasteiger partial charge < -0.3 is 20.5 Å². The Morgan fingerprint density at radius 1 is 1.03 bits per heavy atom.